The predicted molar refractivity (Wildman–Crippen MR) is 77.4 cm³/mol. The summed E-state index contributed by atoms with van der Waals surface area (Å²) < 4.78 is 0. The zero-order valence-electron chi connectivity index (χ0n) is 11.6. The lowest BCUT2D eigenvalue weighted by atomic mass is 9.67. The van der Waals surface area contributed by atoms with Crippen molar-refractivity contribution in [2.75, 3.05) is 17.6 Å². The number of carboxylic acid groups (broad SMARTS) is 1. The Hall–Kier alpha value is -1.71. The van der Waals surface area contributed by atoms with Crippen molar-refractivity contribution in [2.24, 2.45) is 11.3 Å². The van der Waals surface area contributed by atoms with Gasteiger partial charge in [-0.3, -0.25) is 0 Å². The van der Waals surface area contributed by atoms with Gasteiger partial charge in [-0.15, -0.1) is 0 Å². The number of anilines is 2. The van der Waals surface area contributed by atoms with E-state index in [0.717, 1.165) is 12.5 Å². The first-order valence-electron chi connectivity index (χ1n) is 6.77. The zero-order valence-corrected chi connectivity index (χ0v) is 11.6. The summed E-state index contributed by atoms with van der Waals surface area (Å²) in [4.78, 5) is 11.0. The minimum atomic E-state index is -0.929. The van der Waals surface area contributed by atoms with Gasteiger partial charge in [0.2, 0.25) is 0 Å². The molecule has 104 valence electrons. The second kappa shape index (κ2) is 5.11. The third-order valence-corrected chi connectivity index (χ3v) is 4.25. The van der Waals surface area contributed by atoms with Gasteiger partial charge < -0.3 is 16.2 Å². The third-order valence-electron chi connectivity index (χ3n) is 4.25. The predicted octanol–water partition coefficient (Wildman–Crippen LogP) is 3.21. The highest BCUT2D eigenvalue weighted by molar-refractivity contribution is 5.90. The summed E-state index contributed by atoms with van der Waals surface area (Å²) in [5, 5.41) is 12.3. The van der Waals surface area contributed by atoms with Gasteiger partial charge in [0.1, 0.15) is 0 Å². The second-order valence-corrected chi connectivity index (χ2v) is 6.08. The van der Waals surface area contributed by atoms with E-state index in [1.165, 1.54) is 25.3 Å². The molecule has 1 fully saturated rings. The number of hydrogen-bond acceptors (Lipinski definition) is 3. The first-order valence-corrected chi connectivity index (χ1v) is 6.77. The Balaban J connectivity index is 2.06. The maximum Gasteiger partial charge on any atom is 0.335 e. The Morgan fingerprint density at radius 2 is 2.16 bits per heavy atom. The van der Waals surface area contributed by atoms with Crippen molar-refractivity contribution in [3.05, 3.63) is 23.8 Å². The second-order valence-electron chi connectivity index (χ2n) is 6.08. The van der Waals surface area contributed by atoms with E-state index in [1.807, 2.05) is 0 Å². The molecular formula is C15H22N2O2. The van der Waals surface area contributed by atoms with E-state index in [1.54, 1.807) is 12.1 Å². The van der Waals surface area contributed by atoms with Crippen LogP contribution in [0.5, 0.6) is 0 Å². The van der Waals surface area contributed by atoms with Crippen LogP contribution in [0.2, 0.25) is 0 Å². The monoisotopic (exact) mass is 262 g/mol. The number of nitrogens with one attached hydrogen (secondary N) is 1. The van der Waals surface area contributed by atoms with E-state index >= 15 is 0 Å². The van der Waals surface area contributed by atoms with Gasteiger partial charge in [0, 0.05) is 6.54 Å². The summed E-state index contributed by atoms with van der Waals surface area (Å²) in [6.45, 7) is 5.31. The summed E-state index contributed by atoms with van der Waals surface area (Å²) in [6.07, 6.45) is 3.91. The van der Waals surface area contributed by atoms with E-state index in [4.69, 9.17) is 10.8 Å². The van der Waals surface area contributed by atoms with Crippen LogP contribution >= 0.6 is 0 Å². The van der Waals surface area contributed by atoms with Crippen LogP contribution in [0, 0.1) is 11.3 Å². The molecule has 19 heavy (non-hydrogen) atoms. The van der Waals surface area contributed by atoms with E-state index in [2.05, 4.69) is 19.2 Å². The highest BCUT2D eigenvalue weighted by Crippen LogP contribution is 2.41. The van der Waals surface area contributed by atoms with E-state index in [9.17, 15) is 4.79 Å². The van der Waals surface area contributed by atoms with Crippen molar-refractivity contribution in [1.82, 2.24) is 0 Å². The fraction of sp³-hybridized carbons (Fsp3) is 0.533. The molecule has 0 radical (unpaired) electrons. The topological polar surface area (TPSA) is 75.3 Å². The average Bonchev–Trinajstić information content (AvgIpc) is 2.24. The lowest BCUT2D eigenvalue weighted by Crippen LogP contribution is -2.35. The van der Waals surface area contributed by atoms with Crippen LogP contribution in [0.4, 0.5) is 11.4 Å². The summed E-state index contributed by atoms with van der Waals surface area (Å²) in [5.41, 5.74) is 7.67. The SMILES string of the molecule is CC(C)(CNc1cc(C(=O)O)ccc1N)C1CCC1. The summed E-state index contributed by atoms with van der Waals surface area (Å²) >= 11 is 0. The van der Waals surface area contributed by atoms with Crippen LogP contribution in [0.1, 0.15) is 43.5 Å². The molecule has 0 atom stereocenters. The normalized spacial score (nSPS) is 15.9. The van der Waals surface area contributed by atoms with Crippen molar-refractivity contribution in [3.8, 4) is 0 Å². The number of carboxylic acids is 1. The van der Waals surface area contributed by atoms with Gasteiger partial charge in [-0.2, -0.15) is 0 Å². The molecule has 0 heterocycles. The number of hydrogen-bond donors (Lipinski definition) is 3. The molecular weight excluding hydrogens is 240 g/mol. The van der Waals surface area contributed by atoms with Crippen molar-refractivity contribution < 1.29 is 9.90 Å². The first kappa shape index (κ1) is 13.7. The van der Waals surface area contributed by atoms with E-state index in [-0.39, 0.29) is 11.0 Å². The molecule has 4 nitrogen and oxygen atoms in total. The average molecular weight is 262 g/mol. The summed E-state index contributed by atoms with van der Waals surface area (Å²) in [7, 11) is 0. The number of carbonyl (C=O) groups is 1. The van der Waals surface area contributed by atoms with Crippen LogP contribution in [0.3, 0.4) is 0 Å². The Labute approximate surface area is 114 Å². The Morgan fingerprint density at radius 3 is 2.68 bits per heavy atom. The number of benzene rings is 1. The highest BCUT2D eigenvalue weighted by Gasteiger charge is 2.33. The largest absolute Gasteiger partial charge is 0.478 e. The van der Waals surface area contributed by atoms with Gasteiger partial charge in [0.05, 0.1) is 16.9 Å². The Morgan fingerprint density at radius 1 is 1.47 bits per heavy atom. The molecule has 1 aromatic rings. The molecule has 1 aliphatic carbocycles. The molecule has 0 bridgehead atoms. The van der Waals surface area contributed by atoms with Crippen molar-refractivity contribution in [3.63, 3.8) is 0 Å². The number of nitrogens with two attached hydrogens (primary N) is 1. The fourth-order valence-electron chi connectivity index (χ4n) is 2.50. The third kappa shape index (κ3) is 3.00. The van der Waals surface area contributed by atoms with Crippen molar-refractivity contribution in [2.45, 2.75) is 33.1 Å². The number of aromatic carboxylic acids is 1. The van der Waals surface area contributed by atoms with Crippen molar-refractivity contribution >= 4 is 17.3 Å². The van der Waals surface area contributed by atoms with Gasteiger partial charge in [0.15, 0.2) is 0 Å². The molecule has 0 aliphatic heterocycles. The molecule has 0 spiro atoms. The zero-order chi connectivity index (χ0) is 14.0. The lowest BCUT2D eigenvalue weighted by Gasteiger charge is -2.40. The highest BCUT2D eigenvalue weighted by atomic mass is 16.4. The van der Waals surface area contributed by atoms with Crippen LogP contribution in [-0.2, 0) is 0 Å². The number of rotatable bonds is 5. The quantitative estimate of drug-likeness (QED) is 0.712. The Kier molecular flexibility index (Phi) is 3.69. The molecule has 2 rings (SSSR count). The summed E-state index contributed by atoms with van der Waals surface area (Å²) in [5.74, 6) is -0.176. The van der Waals surface area contributed by atoms with Gasteiger partial charge in [-0.25, -0.2) is 4.79 Å². The van der Waals surface area contributed by atoms with Gasteiger partial charge in [-0.05, 0) is 42.4 Å². The molecule has 0 aromatic heterocycles. The standard InChI is InChI=1S/C15H22N2O2/c1-15(2,11-4-3-5-11)9-17-13-8-10(14(18)19)6-7-12(13)16/h6-8,11,17H,3-5,9,16H2,1-2H3,(H,18,19). The molecule has 4 heteroatoms. The first-order chi connectivity index (χ1) is 8.90. The maximum atomic E-state index is 11.0. The van der Waals surface area contributed by atoms with Crippen LogP contribution in [0.15, 0.2) is 18.2 Å². The molecule has 4 N–H and O–H groups in total. The molecule has 1 saturated carbocycles. The van der Waals surface area contributed by atoms with Crippen LogP contribution in [0.25, 0.3) is 0 Å². The van der Waals surface area contributed by atoms with Gasteiger partial charge in [0.25, 0.3) is 0 Å². The van der Waals surface area contributed by atoms with Crippen molar-refractivity contribution in [1.29, 1.82) is 0 Å². The number of nitrogen functional groups attached to an aromatic ring is 1. The van der Waals surface area contributed by atoms with Gasteiger partial charge >= 0.3 is 5.97 Å². The van der Waals surface area contributed by atoms with Crippen LogP contribution in [-0.4, -0.2) is 17.6 Å². The Bertz CT molecular complexity index is 479. The molecule has 1 aliphatic rings. The van der Waals surface area contributed by atoms with Crippen LogP contribution < -0.4 is 11.1 Å². The minimum Gasteiger partial charge on any atom is -0.478 e. The maximum absolute atomic E-state index is 11.0. The van der Waals surface area contributed by atoms with Gasteiger partial charge in [-0.1, -0.05) is 20.3 Å². The fourth-order valence-corrected chi connectivity index (χ4v) is 2.50. The smallest absolute Gasteiger partial charge is 0.335 e. The van der Waals surface area contributed by atoms with E-state index < -0.39 is 5.97 Å². The van der Waals surface area contributed by atoms with E-state index in [0.29, 0.717) is 11.4 Å². The molecule has 1 aromatic carbocycles. The minimum absolute atomic E-state index is 0.212. The molecule has 0 saturated heterocycles. The summed E-state index contributed by atoms with van der Waals surface area (Å²) in [6, 6.07) is 4.77. The molecule has 0 unspecified atom stereocenters. The molecule has 0 amide bonds. The lowest BCUT2D eigenvalue weighted by molar-refractivity contribution is 0.0697.